The van der Waals surface area contributed by atoms with Crippen molar-refractivity contribution in [3.05, 3.63) is 71.2 Å². The molecule has 4 aromatic rings. The smallest absolute Gasteiger partial charge is 0.248 e. The fourth-order valence-electron chi connectivity index (χ4n) is 3.18. The second kappa shape index (κ2) is 8.59. The fraction of sp³-hybridized carbons (Fsp3) is 0.217. The average Bonchev–Trinajstić information content (AvgIpc) is 3.16. The first-order valence-corrected chi connectivity index (χ1v) is 10.2. The second-order valence-corrected chi connectivity index (χ2v) is 7.98. The van der Waals surface area contributed by atoms with Gasteiger partial charge in [-0.2, -0.15) is 0 Å². The maximum atomic E-state index is 12.4. The Balaban J connectivity index is 1.32. The molecule has 3 aromatic carbocycles. The van der Waals surface area contributed by atoms with Crippen molar-refractivity contribution in [3.63, 3.8) is 0 Å². The molecule has 0 atom stereocenters. The molecule has 4 rings (SSSR count). The van der Waals surface area contributed by atoms with E-state index >= 15 is 0 Å². The largest absolute Gasteiger partial charge is 0.497 e. The normalized spacial score (nSPS) is 11.1. The number of likely N-dealkylation sites (N-methyl/N-ethyl adjacent to an activating group) is 1. The van der Waals surface area contributed by atoms with E-state index in [0.717, 1.165) is 37.3 Å². The van der Waals surface area contributed by atoms with Crippen LogP contribution in [0.5, 0.6) is 5.75 Å². The Morgan fingerprint density at radius 1 is 1.07 bits per heavy atom. The van der Waals surface area contributed by atoms with Crippen LogP contribution in [-0.4, -0.2) is 36.6 Å². The molecule has 1 amide bonds. The highest BCUT2D eigenvalue weighted by molar-refractivity contribution is 7.18. The van der Waals surface area contributed by atoms with Crippen LogP contribution < -0.4 is 4.74 Å². The van der Waals surface area contributed by atoms with Crippen molar-refractivity contribution in [3.8, 4) is 5.75 Å². The quantitative estimate of drug-likeness (QED) is 0.449. The molecule has 0 aliphatic heterocycles. The van der Waals surface area contributed by atoms with Gasteiger partial charge in [0.15, 0.2) is 0 Å². The number of rotatable bonds is 7. The lowest BCUT2D eigenvalue weighted by molar-refractivity contribution is -0.135. The Kier molecular flexibility index (Phi) is 5.74. The summed E-state index contributed by atoms with van der Waals surface area (Å²) in [5, 5.41) is 3.11. The minimum Gasteiger partial charge on any atom is -0.497 e. The number of hydrogen-bond acceptors (Lipinski definition) is 5. The zero-order chi connectivity index (χ0) is 20.2. The van der Waals surface area contributed by atoms with E-state index in [4.69, 9.17) is 9.47 Å². The molecule has 0 aliphatic rings. The molecule has 0 unspecified atom stereocenters. The maximum Gasteiger partial charge on any atom is 0.248 e. The van der Waals surface area contributed by atoms with Gasteiger partial charge < -0.3 is 14.4 Å². The number of para-hydroxylation sites is 1. The van der Waals surface area contributed by atoms with Crippen LogP contribution in [0.15, 0.2) is 60.7 Å². The van der Waals surface area contributed by atoms with Crippen LogP contribution in [0.25, 0.3) is 21.0 Å². The van der Waals surface area contributed by atoms with Gasteiger partial charge in [0, 0.05) is 13.6 Å². The van der Waals surface area contributed by atoms with Crippen LogP contribution >= 0.6 is 11.3 Å². The van der Waals surface area contributed by atoms with E-state index in [1.165, 1.54) is 0 Å². The first-order valence-electron chi connectivity index (χ1n) is 9.35. The van der Waals surface area contributed by atoms with Gasteiger partial charge in [0.25, 0.3) is 0 Å². The highest BCUT2D eigenvalue weighted by atomic mass is 32.1. The predicted octanol–water partition coefficient (Wildman–Crippen LogP) is 4.63. The van der Waals surface area contributed by atoms with Crippen LogP contribution in [-0.2, 0) is 22.7 Å². The average molecular weight is 407 g/mol. The number of ether oxygens (including phenoxy) is 2. The Bertz CT molecular complexity index is 1120. The molecule has 0 spiro atoms. The number of fused-ring (bicyclic) bond motifs is 2. The van der Waals surface area contributed by atoms with Crippen molar-refractivity contribution in [2.75, 3.05) is 20.8 Å². The molecule has 5 nitrogen and oxygen atoms in total. The Hall–Kier alpha value is -2.96. The third-order valence-corrected chi connectivity index (χ3v) is 5.76. The number of methoxy groups -OCH3 is 1. The summed E-state index contributed by atoms with van der Waals surface area (Å²) in [7, 11) is 3.45. The van der Waals surface area contributed by atoms with Gasteiger partial charge in [-0.15, -0.1) is 11.3 Å². The number of hydrogen-bond donors (Lipinski definition) is 0. The molecule has 1 heterocycles. The van der Waals surface area contributed by atoms with Crippen LogP contribution in [0.2, 0.25) is 0 Å². The highest BCUT2D eigenvalue weighted by Crippen LogP contribution is 2.23. The van der Waals surface area contributed by atoms with Crippen molar-refractivity contribution < 1.29 is 14.3 Å². The van der Waals surface area contributed by atoms with E-state index in [9.17, 15) is 4.79 Å². The van der Waals surface area contributed by atoms with Crippen molar-refractivity contribution in [2.24, 2.45) is 0 Å². The van der Waals surface area contributed by atoms with Crippen molar-refractivity contribution in [1.29, 1.82) is 0 Å². The molecular weight excluding hydrogens is 384 g/mol. The molecule has 0 saturated carbocycles. The lowest BCUT2D eigenvalue weighted by Gasteiger charge is -2.17. The molecule has 148 valence electrons. The van der Waals surface area contributed by atoms with Crippen LogP contribution in [0.3, 0.4) is 0 Å². The third-order valence-electron chi connectivity index (χ3n) is 4.75. The molecular formula is C23H22N2O3S. The number of carbonyl (C=O) groups is 1. The van der Waals surface area contributed by atoms with Crippen LogP contribution in [0.4, 0.5) is 0 Å². The van der Waals surface area contributed by atoms with E-state index in [-0.39, 0.29) is 12.5 Å². The van der Waals surface area contributed by atoms with Gasteiger partial charge in [0.2, 0.25) is 5.91 Å². The molecule has 6 heteroatoms. The number of aromatic nitrogens is 1. The summed E-state index contributed by atoms with van der Waals surface area (Å²) in [6.07, 6.45) is 0. The Labute approximate surface area is 173 Å². The van der Waals surface area contributed by atoms with Gasteiger partial charge in [-0.25, -0.2) is 4.98 Å². The SMILES string of the molecule is COc1ccc2cc(CN(C)C(=O)COCc3nc4ccccc4s3)ccc2c1. The van der Waals surface area contributed by atoms with E-state index in [0.29, 0.717) is 13.2 Å². The Morgan fingerprint density at radius 3 is 2.69 bits per heavy atom. The van der Waals surface area contributed by atoms with E-state index in [1.807, 2.05) is 48.5 Å². The van der Waals surface area contributed by atoms with E-state index in [2.05, 4.69) is 17.1 Å². The monoisotopic (exact) mass is 406 g/mol. The van der Waals surface area contributed by atoms with Crippen molar-refractivity contribution >= 4 is 38.2 Å². The number of benzene rings is 3. The number of nitrogens with zero attached hydrogens (tertiary/aromatic N) is 2. The summed E-state index contributed by atoms with van der Waals surface area (Å²) < 4.78 is 12.0. The zero-order valence-electron chi connectivity index (χ0n) is 16.4. The number of thiazole rings is 1. The lowest BCUT2D eigenvalue weighted by Crippen LogP contribution is -2.29. The topological polar surface area (TPSA) is 51.7 Å². The predicted molar refractivity (Wildman–Crippen MR) is 116 cm³/mol. The summed E-state index contributed by atoms with van der Waals surface area (Å²) >= 11 is 1.59. The molecule has 0 aliphatic carbocycles. The lowest BCUT2D eigenvalue weighted by atomic mass is 10.1. The summed E-state index contributed by atoms with van der Waals surface area (Å²) in [5.41, 5.74) is 2.04. The van der Waals surface area contributed by atoms with E-state index < -0.39 is 0 Å². The summed E-state index contributed by atoms with van der Waals surface area (Å²) in [6.45, 7) is 0.916. The molecule has 0 N–H and O–H groups in total. The van der Waals surface area contributed by atoms with Gasteiger partial charge >= 0.3 is 0 Å². The summed E-state index contributed by atoms with van der Waals surface area (Å²) in [4.78, 5) is 18.6. The van der Waals surface area contributed by atoms with Gasteiger partial charge in [-0.05, 0) is 46.7 Å². The number of amides is 1. The second-order valence-electron chi connectivity index (χ2n) is 6.87. The first kappa shape index (κ1) is 19.4. The van der Waals surface area contributed by atoms with Crippen molar-refractivity contribution in [1.82, 2.24) is 9.88 Å². The highest BCUT2D eigenvalue weighted by Gasteiger charge is 2.11. The zero-order valence-corrected chi connectivity index (χ0v) is 17.2. The van der Waals surface area contributed by atoms with Gasteiger partial charge in [0.05, 0.1) is 23.9 Å². The molecule has 1 aromatic heterocycles. The minimum absolute atomic E-state index is 0.0389. The number of carbonyl (C=O) groups excluding carboxylic acids is 1. The molecule has 0 fully saturated rings. The van der Waals surface area contributed by atoms with Gasteiger partial charge in [-0.3, -0.25) is 4.79 Å². The van der Waals surface area contributed by atoms with Gasteiger partial charge in [-0.1, -0.05) is 30.3 Å². The fourth-order valence-corrected chi connectivity index (χ4v) is 4.08. The molecule has 0 saturated heterocycles. The molecule has 0 radical (unpaired) electrons. The van der Waals surface area contributed by atoms with Gasteiger partial charge in [0.1, 0.15) is 17.4 Å². The summed E-state index contributed by atoms with van der Waals surface area (Å²) in [6, 6.07) is 20.1. The van der Waals surface area contributed by atoms with E-state index in [1.54, 1.807) is 30.4 Å². The molecule has 29 heavy (non-hydrogen) atoms. The third kappa shape index (κ3) is 4.55. The first-order chi connectivity index (χ1) is 14.1. The van der Waals surface area contributed by atoms with Crippen LogP contribution in [0, 0.1) is 0 Å². The molecule has 0 bridgehead atoms. The Morgan fingerprint density at radius 2 is 1.86 bits per heavy atom. The summed E-state index contributed by atoms with van der Waals surface area (Å²) in [5.74, 6) is 0.781. The minimum atomic E-state index is -0.0547. The standard InChI is InChI=1S/C23H22N2O3S/c1-25(13-16-7-8-18-12-19(27-2)10-9-17(18)11-16)23(26)15-28-14-22-24-20-5-3-4-6-21(20)29-22/h3-12H,13-15H2,1-2H3. The maximum absolute atomic E-state index is 12.4. The van der Waals surface area contributed by atoms with Crippen LogP contribution in [0.1, 0.15) is 10.6 Å². The van der Waals surface area contributed by atoms with Crippen molar-refractivity contribution in [2.45, 2.75) is 13.2 Å².